The van der Waals surface area contributed by atoms with Gasteiger partial charge in [-0.3, -0.25) is 14.0 Å². The zero-order chi connectivity index (χ0) is 13.8. The molecule has 100 valence electrons. The van der Waals surface area contributed by atoms with Crippen LogP contribution in [-0.4, -0.2) is 28.4 Å². The van der Waals surface area contributed by atoms with E-state index in [0.717, 1.165) is 5.56 Å². The van der Waals surface area contributed by atoms with Gasteiger partial charge in [-0.05, 0) is 31.5 Å². The van der Waals surface area contributed by atoms with Gasteiger partial charge in [-0.25, -0.2) is 4.98 Å². The Kier molecular flexibility index (Phi) is 3.91. The maximum Gasteiger partial charge on any atom is 0.270 e. The van der Waals surface area contributed by atoms with Gasteiger partial charge in [0.2, 0.25) is 0 Å². The fourth-order valence-electron chi connectivity index (χ4n) is 1.74. The molecule has 0 atom stereocenters. The van der Waals surface area contributed by atoms with Gasteiger partial charge in [0.15, 0.2) is 0 Å². The molecule has 0 unspecified atom stereocenters. The Morgan fingerprint density at radius 1 is 1.47 bits per heavy atom. The Morgan fingerprint density at radius 2 is 2.26 bits per heavy atom. The number of pyridine rings is 1. The zero-order valence-corrected chi connectivity index (χ0v) is 10.7. The number of aryl methyl sites for hydroxylation is 1. The number of hydrogen-bond acceptors (Lipinski definition) is 4. The van der Waals surface area contributed by atoms with Crippen molar-refractivity contribution < 1.29 is 4.79 Å². The molecule has 2 rings (SSSR count). The van der Waals surface area contributed by atoms with E-state index in [9.17, 15) is 9.59 Å². The molecule has 0 bridgehead atoms. The van der Waals surface area contributed by atoms with Crippen molar-refractivity contribution in [3.8, 4) is 0 Å². The third-order valence-electron chi connectivity index (χ3n) is 2.76. The van der Waals surface area contributed by atoms with Crippen LogP contribution in [0.2, 0.25) is 0 Å². The number of carbonyl (C=O) groups is 1. The van der Waals surface area contributed by atoms with Gasteiger partial charge in [-0.2, -0.15) is 0 Å². The molecular formula is C13H16N4O2. The van der Waals surface area contributed by atoms with Crippen LogP contribution >= 0.6 is 0 Å². The number of amides is 1. The van der Waals surface area contributed by atoms with E-state index in [1.807, 2.05) is 13.0 Å². The van der Waals surface area contributed by atoms with Gasteiger partial charge in [0.25, 0.3) is 11.5 Å². The second kappa shape index (κ2) is 5.62. The van der Waals surface area contributed by atoms with Gasteiger partial charge in [0, 0.05) is 18.9 Å². The molecule has 0 spiro atoms. The van der Waals surface area contributed by atoms with Crippen molar-refractivity contribution in [2.75, 3.05) is 13.1 Å². The fraction of sp³-hybridized carbons (Fsp3) is 0.308. The molecule has 2 heterocycles. The van der Waals surface area contributed by atoms with Gasteiger partial charge in [0.05, 0.1) is 0 Å². The predicted molar refractivity (Wildman–Crippen MR) is 72.2 cm³/mol. The third-order valence-corrected chi connectivity index (χ3v) is 2.76. The maximum absolute atomic E-state index is 12.2. The van der Waals surface area contributed by atoms with E-state index in [1.54, 1.807) is 12.3 Å². The highest BCUT2D eigenvalue weighted by atomic mass is 16.2. The van der Waals surface area contributed by atoms with Crippen LogP contribution in [0.3, 0.4) is 0 Å². The average molecular weight is 260 g/mol. The summed E-state index contributed by atoms with van der Waals surface area (Å²) in [7, 11) is 0. The van der Waals surface area contributed by atoms with E-state index < -0.39 is 5.91 Å². The minimum atomic E-state index is -0.415. The second-order valence-electron chi connectivity index (χ2n) is 4.31. The number of carbonyl (C=O) groups excluding carboxylic acids is 1. The van der Waals surface area contributed by atoms with Crippen LogP contribution in [0.5, 0.6) is 0 Å². The molecule has 1 amide bonds. The number of hydrogen-bond donors (Lipinski definition) is 2. The Morgan fingerprint density at radius 3 is 3.00 bits per heavy atom. The lowest BCUT2D eigenvalue weighted by molar-refractivity contribution is 0.0951. The highest BCUT2D eigenvalue weighted by Gasteiger charge is 2.12. The first-order valence-electron chi connectivity index (χ1n) is 6.10. The van der Waals surface area contributed by atoms with Crippen molar-refractivity contribution in [3.63, 3.8) is 0 Å². The molecular weight excluding hydrogens is 244 g/mol. The van der Waals surface area contributed by atoms with Crippen LogP contribution in [-0.2, 0) is 0 Å². The van der Waals surface area contributed by atoms with Gasteiger partial charge in [-0.15, -0.1) is 0 Å². The maximum atomic E-state index is 12.2. The topological polar surface area (TPSA) is 89.5 Å². The standard InChI is InChI=1S/C13H16N4O2/c1-9-3-4-11-16-7-10(13(19)17(11)8-9)12(18)15-6-2-5-14/h3-4,7-8H,2,5-6,14H2,1H3,(H,15,18). The lowest BCUT2D eigenvalue weighted by Gasteiger charge is -2.06. The van der Waals surface area contributed by atoms with Crippen molar-refractivity contribution in [1.29, 1.82) is 0 Å². The fourth-order valence-corrected chi connectivity index (χ4v) is 1.74. The normalized spacial score (nSPS) is 10.6. The van der Waals surface area contributed by atoms with Crippen LogP contribution in [0.15, 0.2) is 29.3 Å². The van der Waals surface area contributed by atoms with E-state index in [2.05, 4.69) is 10.3 Å². The Labute approximate surface area is 110 Å². The number of fused-ring (bicyclic) bond motifs is 1. The van der Waals surface area contributed by atoms with Crippen LogP contribution in [0.1, 0.15) is 22.3 Å². The van der Waals surface area contributed by atoms with Gasteiger partial charge < -0.3 is 11.1 Å². The van der Waals surface area contributed by atoms with E-state index in [1.165, 1.54) is 10.6 Å². The van der Waals surface area contributed by atoms with Gasteiger partial charge in [0.1, 0.15) is 11.2 Å². The Bertz CT molecular complexity index is 663. The summed E-state index contributed by atoms with van der Waals surface area (Å²) in [6.07, 6.45) is 3.65. The van der Waals surface area contributed by atoms with E-state index in [-0.39, 0.29) is 11.1 Å². The number of nitrogens with two attached hydrogens (primary N) is 1. The summed E-state index contributed by atoms with van der Waals surface area (Å²) in [5, 5.41) is 2.65. The Hall–Kier alpha value is -2.21. The summed E-state index contributed by atoms with van der Waals surface area (Å²) < 4.78 is 1.38. The van der Waals surface area contributed by atoms with E-state index >= 15 is 0 Å². The average Bonchev–Trinajstić information content (AvgIpc) is 2.40. The summed E-state index contributed by atoms with van der Waals surface area (Å²) in [4.78, 5) is 28.2. The number of aromatic nitrogens is 2. The van der Waals surface area contributed by atoms with Crippen molar-refractivity contribution in [1.82, 2.24) is 14.7 Å². The first-order valence-corrected chi connectivity index (χ1v) is 6.10. The van der Waals surface area contributed by atoms with Gasteiger partial charge in [-0.1, -0.05) is 6.07 Å². The summed E-state index contributed by atoms with van der Waals surface area (Å²) >= 11 is 0. The molecule has 19 heavy (non-hydrogen) atoms. The predicted octanol–water partition coefficient (Wildman–Crippen LogP) is 0.0815. The molecule has 0 aliphatic rings. The van der Waals surface area contributed by atoms with Crippen molar-refractivity contribution in [2.45, 2.75) is 13.3 Å². The minimum Gasteiger partial charge on any atom is -0.352 e. The van der Waals surface area contributed by atoms with Crippen molar-refractivity contribution in [2.24, 2.45) is 5.73 Å². The molecule has 6 heteroatoms. The highest BCUT2D eigenvalue weighted by Crippen LogP contribution is 2.01. The van der Waals surface area contributed by atoms with E-state index in [4.69, 9.17) is 5.73 Å². The van der Waals surface area contributed by atoms with Gasteiger partial charge >= 0.3 is 0 Å². The molecule has 3 N–H and O–H groups in total. The smallest absolute Gasteiger partial charge is 0.270 e. The van der Waals surface area contributed by atoms with Crippen LogP contribution in [0.25, 0.3) is 5.65 Å². The number of rotatable bonds is 4. The monoisotopic (exact) mass is 260 g/mol. The molecule has 6 nitrogen and oxygen atoms in total. The van der Waals surface area contributed by atoms with Crippen LogP contribution < -0.4 is 16.6 Å². The second-order valence-corrected chi connectivity index (χ2v) is 4.31. The molecule has 0 saturated heterocycles. The molecule has 0 radical (unpaired) electrons. The molecule has 0 aromatic carbocycles. The summed E-state index contributed by atoms with van der Waals surface area (Å²) in [6, 6.07) is 3.61. The highest BCUT2D eigenvalue weighted by molar-refractivity contribution is 5.93. The first kappa shape index (κ1) is 13.2. The lowest BCUT2D eigenvalue weighted by atomic mass is 10.2. The van der Waals surface area contributed by atoms with Crippen LogP contribution in [0, 0.1) is 6.92 Å². The molecule has 2 aromatic heterocycles. The first-order chi connectivity index (χ1) is 9.13. The molecule has 0 saturated carbocycles. The quantitative estimate of drug-likeness (QED) is 0.762. The molecule has 0 aliphatic carbocycles. The third kappa shape index (κ3) is 2.79. The molecule has 0 aliphatic heterocycles. The molecule has 0 fully saturated rings. The number of nitrogens with one attached hydrogen (secondary N) is 1. The Balaban J connectivity index is 2.37. The van der Waals surface area contributed by atoms with E-state index in [0.29, 0.717) is 25.2 Å². The summed E-state index contributed by atoms with van der Waals surface area (Å²) in [5.41, 5.74) is 6.47. The summed E-state index contributed by atoms with van der Waals surface area (Å²) in [5.74, 6) is -0.415. The summed E-state index contributed by atoms with van der Waals surface area (Å²) in [6.45, 7) is 2.82. The largest absolute Gasteiger partial charge is 0.352 e. The lowest BCUT2D eigenvalue weighted by Crippen LogP contribution is -2.32. The SMILES string of the molecule is Cc1ccc2ncc(C(=O)NCCCN)c(=O)n2c1. The molecule has 2 aromatic rings. The van der Waals surface area contributed by atoms with Crippen LogP contribution in [0.4, 0.5) is 0 Å². The minimum absolute atomic E-state index is 0.0418. The van der Waals surface area contributed by atoms with Crippen molar-refractivity contribution >= 4 is 11.6 Å². The number of nitrogens with zero attached hydrogens (tertiary/aromatic N) is 2. The zero-order valence-electron chi connectivity index (χ0n) is 10.7. The van der Waals surface area contributed by atoms with Crippen molar-refractivity contribution in [3.05, 3.63) is 46.0 Å².